The molecule has 0 aromatic heterocycles. The first-order valence-electron chi connectivity index (χ1n) is 5.37. The van der Waals surface area contributed by atoms with E-state index in [1.807, 2.05) is 25.1 Å². The average molecular weight is 250 g/mol. The standard InChI is InChI=1S/C14H13ClFN/c1-9-2-5-14(16)12(6-9)10-3-4-11(8-17)13(15)7-10/h2-7H,8,17H2,1H3. The van der Waals surface area contributed by atoms with E-state index in [4.69, 9.17) is 17.3 Å². The molecule has 1 nitrogen and oxygen atoms in total. The molecule has 0 aliphatic heterocycles. The molecule has 0 spiro atoms. The zero-order valence-electron chi connectivity index (χ0n) is 9.50. The number of hydrogen-bond acceptors (Lipinski definition) is 1. The maximum atomic E-state index is 13.7. The fraction of sp³-hybridized carbons (Fsp3) is 0.143. The molecule has 2 N–H and O–H groups in total. The Kier molecular flexibility index (Phi) is 3.46. The molecule has 0 aliphatic rings. The molecule has 2 rings (SSSR count). The highest BCUT2D eigenvalue weighted by Gasteiger charge is 2.07. The van der Waals surface area contributed by atoms with Gasteiger partial charge in [-0.05, 0) is 36.2 Å². The van der Waals surface area contributed by atoms with Crippen LogP contribution in [0.3, 0.4) is 0 Å². The summed E-state index contributed by atoms with van der Waals surface area (Å²) in [6.45, 7) is 2.31. The van der Waals surface area contributed by atoms with Gasteiger partial charge in [0, 0.05) is 17.1 Å². The normalized spacial score (nSPS) is 10.6. The topological polar surface area (TPSA) is 26.0 Å². The molecule has 0 fully saturated rings. The Balaban J connectivity index is 2.53. The van der Waals surface area contributed by atoms with Gasteiger partial charge in [0.1, 0.15) is 5.82 Å². The van der Waals surface area contributed by atoms with Crippen LogP contribution in [0.4, 0.5) is 4.39 Å². The molecule has 0 aliphatic carbocycles. The van der Waals surface area contributed by atoms with E-state index < -0.39 is 0 Å². The number of aryl methyl sites for hydroxylation is 1. The van der Waals surface area contributed by atoms with E-state index in [1.54, 1.807) is 12.1 Å². The van der Waals surface area contributed by atoms with Gasteiger partial charge in [0.2, 0.25) is 0 Å². The molecule has 2 aromatic rings. The monoisotopic (exact) mass is 249 g/mol. The Labute approximate surface area is 105 Å². The molecule has 88 valence electrons. The lowest BCUT2D eigenvalue weighted by molar-refractivity contribution is 0.631. The quantitative estimate of drug-likeness (QED) is 0.858. The van der Waals surface area contributed by atoms with Crippen molar-refractivity contribution >= 4 is 11.6 Å². The van der Waals surface area contributed by atoms with Gasteiger partial charge in [-0.15, -0.1) is 0 Å². The summed E-state index contributed by atoms with van der Waals surface area (Å²) >= 11 is 6.07. The van der Waals surface area contributed by atoms with Crippen molar-refractivity contribution < 1.29 is 4.39 Å². The predicted molar refractivity (Wildman–Crippen MR) is 69.5 cm³/mol. The summed E-state index contributed by atoms with van der Waals surface area (Å²) < 4.78 is 13.7. The Bertz CT molecular complexity index is 552. The number of benzene rings is 2. The molecule has 17 heavy (non-hydrogen) atoms. The first-order chi connectivity index (χ1) is 8.11. The molecular formula is C14H13ClFN. The molecule has 0 radical (unpaired) electrons. The fourth-order valence-electron chi connectivity index (χ4n) is 1.74. The fourth-order valence-corrected chi connectivity index (χ4v) is 2.00. The molecule has 0 heterocycles. The first-order valence-corrected chi connectivity index (χ1v) is 5.74. The van der Waals surface area contributed by atoms with Crippen molar-refractivity contribution in [1.82, 2.24) is 0 Å². The minimum absolute atomic E-state index is 0.243. The second-order valence-corrected chi connectivity index (χ2v) is 4.40. The molecule has 0 atom stereocenters. The highest BCUT2D eigenvalue weighted by Crippen LogP contribution is 2.28. The summed E-state index contributed by atoms with van der Waals surface area (Å²) in [7, 11) is 0. The van der Waals surface area contributed by atoms with Gasteiger partial charge in [-0.25, -0.2) is 4.39 Å². The number of nitrogens with two attached hydrogens (primary N) is 1. The second-order valence-electron chi connectivity index (χ2n) is 3.99. The van der Waals surface area contributed by atoms with Crippen LogP contribution in [0.15, 0.2) is 36.4 Å². The van der Waals surface area contributed by atoms with Gasteiger partial charge >= 0.3 is 0 Å². The van der Waals surface area contributed by atoms with Crippen LogP contribution >= 0.6 is 11.6 Å². The largest absolute Gasteiger partial charge is 0.326 e. The Morgan fingerprint density at radius 1 is 1.18 bits per heavy atom. The van der Waals surface area contributed by atoms with Crippen molar-refractivity contribution in [2.24, 2.45) is 5.73 Å². The highest BCUT2D eigenvalue weighted by atomic mass is 35.5. The Morgan fingerprint density at radius 3 is 2.59 bits per heavy atom. The van der Waals surface area contributed by atoms with Crippen LogP contribution < -0.4 is 5.73 Å². The zero-order valence-corrected chi connectivity index (χ0v) is 10.3. The van der Waals surface area contributed by atoms with E-state index in [-0.39, 0.29) is 5.82 Å². The summed E-state index contributed by atoms with van der Waals surface area (Å²) in [5.41, 5.74) is 8.75. The number of halogens is 2. The van der Waals surface area contributed by atoms with Crippen molar-refractivity contribution in [2.45, 2.75) is 13.5 Å². The third-order valence-electron chi connectivity index (χ3n) is 2.71. The molecular weight excluding hydrogens is 237 g/mol. The van der Waals surface area contributed by atoms with Crippen LogP contribution in [0, 0.1) is 12.7 Å². The van der Waals surface area contributed by atoms with E-state index >= 15 is 0 Å². The molecule has 0 unspecified atom stereocenters. The Morgan fingerprint density at radius 2 is 1.94 bits per heavy atom. The first kappa shape index (κ1) is 12.1. The van der Waals surface area contributed by atoms with Gasteiger partial charge in [-0.3, -0.25) is 0 Å². The van der Waals surface area contributed by atoms with Crippen LogP contribution in [0.5, 0.6) is 0 Å². The van der Waals surface area contributed by atoms with Gasteiger partial charge in [0.05, 0.1) is 0 Å². The van der Waals surface area contributed by atoms with E-state index in [0.29, 0.717) is 17.1 Å². The lowest BCUT2D eigenvalue weighted by Gasteiger charge is -2.07. The third kappa shape index (κ3) is 2.48. The second kappa shape index (κ2) is 4.86. The minimum atomic E-state index is -0.243. The van der Waals surface area contributed by atoms with Crippen LogP contribution in [-0.4, -0.2) is 0 Å². The summed E-state index contributed by atoms with van der Waals surface area (Å²) in [4.78, 5) is 0. The van der Waals surface area contributed by atoms with Gasteiger partial charge in [-0.1, -0.05) is 35.4 Å². The Hall–Kier alpha value is -1.38. The van der Waals surface area contributed by atoms with Crippen LogP contribution in [0.1, 0.15) is 11.1 Å². The summed E-state index contributed by atoms with van der Waals surface area (Å²) in [5, 5.41) is 0.575. The number of rotatable bonds is 2. The van der Waals surface area contributed by atoms with Crippen molar-refractivity contribution in [3.63, 3.8) is 0 Å². The van der Waals surface area contributed by atoms with E-state index in [9.17, 15) is 4.39 Å². The maximum Gasteiger partial charge on any atom is 0.131 e. The van der Waals surface area contributed by atoms with Crippen molar-refractivity contribution in [3.05, 3.63) is 58.4 Å². The van der Waals surface area contributed by atoms with E-state index in [0.717, 1.165) is 16.7 Å². The summed E-state index contributed by atoms with van der Waals surface area (Å²) in [6, 6.07) is 10.4. The van der Waals surface area contributed by atoms with E-state index in [2.05, 4.69) is 0 Å². The minimum Gasteiger partial charge on any atom is -0.326 e. The number of hydrogen-bond donors (Lipinski definition) is 1. The molecule has 2 aromatic carbocycles. The van der Waals surface area contributed by atoms with Gasteiger partial charge in [0.15, 0.2) is 0 Å². The van der Waals surface area contributed by atoms with Crippen LogP contribution in [-0.2, 0) is 6.54 Å². The molecule has 0 saturated heterocycles. The van der Waals surface area contributed by atoms with Gasteiger partial charge < -0.3 is 5.73 Å². The van der Waals surface area contributed by atoms with Crippen LogP contribution in [0.25, 0.3) is 11.1 Å². The van der Waals surface area contributed by atoms with Gasteiger partial charge in [0.25, 0.3) is 0 Å². The predicted octanol–water partition coefficient (Wildman–Crippen LogP) is 3.91. The lowest BCUT2D eigenvalue weighted by atomic mass is 10.0. The molecule has 0 saturated carbocycles. The average Bonchev–Trinajstić information content (AvgIpc) is 2.32. The van der Waals surface area contributed by atoms with Crippen molar-refractivity contribution in [3.8, 4) is 11.1 Å². The maximum absolute atomic E-state index is 13.7. The van der Waals surface area contributed by atoms with Crippen molar-refractivity contribution in [1.29, 1.82) is 0 Å². The SMILES string of the molecule is Cc1ccc(F)c(-c2ccc(CN)c(Cl)c2)c1. The molecule has 0 amide bonds. The highest BCUT2D eigenvalue weighted by molar-refractivity contribution is 6.31. The lowest BCUT2D eigenvalue weighted by Crippen LogP contribution is -1.97. The van der Waals surface area contributed by atoms with E-state index in [1.165, 1.54) is 6.07 Å². The van der Waals surface area contributed by atoms with Gasteiger partial charge in [-0.2, -0.15) is 0 Å². The summed E-state index contributed by atoms with van der Waals surface area (Å²) in [6.07, 6.45) is 0. The van der Waals surface area contributed by atoms with Crippen molar-refractivity contribution in [2.75, 3.05) is 0 Å². The molecule has 3 heteroatoms. The zero-order chi connectivity index (χ0) is 12.4. The smallest absolute Gasteiger partial charge is 0.131 e. The third-order valence-corrected chi connectivity index (χ3v) is 3.06. The molecule has 0 bridgehead atoms. The van der Waals surface area contributed by atoms with Crippen LogP contribution in [0.2, 0.25) is 5.02 Å². The summed E-state index contributed by atoms with van der Waals surface area (Å²) in [5.74, 6) is -0.243.